The Labute approximate surface area is 168 Å². The quantitative estimate of drug-likeness (QED) is 0.731. The number of benzene rings is 1. The van der Waals surface area contributed by atoms with Crippen molar-refractivity contribution in [1.29, 1.82) is 5.26 Å². The third kappa shape index (κ3) is 4.77. The molecule has 2 heterocycles. The lowest BCUT2D eigenvalue weighted by atomic mass is 9.99. The molecular formula is C23H22N4O2. The summed E-state index contributed by atoms with van der Waals surface area (Å²) in [5, 5.41) is 9.18. The van der Waals surface area contributed by atoms with Gasteiger partial charge < -0.3 is 9.55 Å². The number of amides is 1. The summed E-state index contributed by atoms with van der Waals surface area (Å²) in [6, 6.07) is 17.5. The topological polar surface area (TPSA) is 91.0 Å². The lowest BCUT2D eigenvalue weighted by Crippen LogP contribution is -2.22. The average Bonchev–Trinajstić information content (AvgIpc) is 2.70. The molecule has 1 amide bonds. The first kappa shape index (κ1) is 20.0. The summed E-state index contributed by atoms with van der Waals surface area (Å²) in [6.07, 6.45) is 2.50. The monoisotopic (exact) mass is 386 g/mol. The molecule has 0 bridgehead atoms. The fourth-order valence-corrected chi connectivity index (χ4v) is 3.32. The SMILES string of the molecule is Cc1[nH]c(=O)c(C#N)c(C)c1CCC(=O)N=c1ccccn1Cc1ccccc1. The molecule has 0 aliphatic heterocycles. The molecule has 1 aromatic carbocycles. The lowest BCUT2D eigenvalue weighted by molar-refractivity contribution is -0.118. The van der Waals surface area contributed by atoms with Crippen molar-refractivity contribution in [3.63, 3.8) is 0 Å². The van der Waals surface area contributed by atoms with Crippen LogP contribution in [0.15, 0.2) is 64.5 Å². The smallest absolute Gasteiger partial charge is 0.266 e. The first-order valence-corrected chi connectivity index (χ1v) is 9.39. The molecule has 0 fully saturated rings. The number of nitrogens with zero attached hydrogens (tertiary/aromatic N) is 3. The normalized spacial score (nSPS) is 11.3. The second-order valence-electron chi connectivity index (χ2n) is 6.85. The molecular weight excluding hydrogens is 364 g/mol. The van der Waals surface area contributed by atoms with Gasteiger partial charge in [0.25, 0.3) is 5.56 Å². The highest BCUT2D eigenvalue weighted by Crippen LogP contribution is 2.15. The van der Waals surface area contributed by atoms with Crippen LogP contribution in [0, 0.1) is 25.2 Å². The molecule has 3 rings (SSSR count). The van der Waals surface area contributed by atoms with E-state index in [9.17, 15) is 14.9 Å². The van der Waals surface area contributed by atoms with Crippen molar-refractivity contribution in [1.82, 2.24) is 9.55 Å². The molecule has 0 atom stereocenters. The molecule has 2 aromatic heterocycles. The van der Waals surface area contributed by atoms with Crippen molar-refractivity contribution in [2.75, 3.05) is 0 Å². The number of aryl methyl sites for hydroxylation is 1. The molecule has 0 saturated carbocycles. The summed E-state index contributed by atoms with van der Waals surface area (Å²) in [7, 11) is 0. The Morgan fingerprint density at radius 3 is 2.59 bits per heavy atom. The molecule has 6 nitrogen and oxygen atoms in total. The van der Waals surface area contributed by atoms with Gasteiger partial charge in [0.2, 0.25) is 5.91 Å². The predicted molar refractivity (Wildman–Crippen MR) is 110 cm³/mol. The van der Waals surface area contributed by atoms with Crippen LogP contribution in [0.25, 0.3) is 0 Å². The van der Waals surface area contributed by atoms with E-state index in [1.165, 1.54) is 0 Å². The zero-order valence-corrected chi connectivity index (χ0v) is 16.5. The Kier molecular flexibility index (Phi) is 6.20. The zero-order chi connectivity index (χ0) is 20.8. The number of pyridine rings is 2. The predicted octanol–water partition coefficient (Wildman–Crippen LogP) is 2.77. The first-order chi connectivity index (χ1) is 14.0. The Morgan fingerprint density at radius 2 is 1.86 bits per heavy atom. The van der Waals surface area contributed by atoms with Gasteiger partial charge in [-0.15, -0.1) is 0 Å². The molecule has 146 valence electrons. The number of nitrogens with one attached hydrogen (secondary N) is 1. The van der Waals surface area contributed by atoms with Crippen LogP contribution in [0.5, 0.6) is 0 Å². The van der Waals surface area contributed by atoms with Crippen LogP contribution in [0.4, 0.5) is 0 Å². The summed E-state index contributed by atoms with van der Waals surface area (Å²) in [5.74, 6) is -0.249. The zero-order valence-electron chi connectivity index (χ0n) is 16.5. The van der Waals surface area contributed by atoms with Gasteiger partial charge in [0.15, 0.2) is 0 Å². The van der Waals surface area contributed by atoms with Crippen LogP contribution >= 0.6 is 0 Å². The number of rotatable bonds is 5. The van der Waals surface area contributed by atoms with Crippen LogP contribution in [-0.2, 0) is 17.8 Å². The van der Waals surface area contributed by atoms with Crippen LogP contribution in [0.1, 0.15) is 34.4 Å². The van der Waals surface area contributed by atoms with E-state index < -0.39 is 5.56 Å². The summed E-state index contributed by atoms with van der Waals surface area (Å²) in [5.41, 5.74) is 3.53. The lowest BCUT2D eigenvalue weighted by Gasteiger charge is -2.10. The maximum absolute atomic E-state index is 12.5. The van der Waals surface area contributed by atoms with E-state index >= 15 is 0 Å². The third-order valence-corrected chi connectivity index (χ3v) is 4.86. The fourth-order valence-electron chi connectivity index (χ4n) is 3.32. The number of nitriles is 1. The fraction of sp³-hybridized carbons (Fsp3) is 0.217. The molecule has 3 aromatic rings. The molecule has 1 N–H and O–H groups in total. The number of hydrogen-bond acceptors (Lipinski definition) is 3. The van der Waals surface area contributed by atoms with E-state index in [0.29, 0.717) is 29.7 Å². The molecule has 29 heavy (non-hydrogen) atoms. The van der Waals surface area contributed by atoms with Crippen molar-refractivity contribution in [3.8, 4) is 6.07 Å². The second kappa shape index (κ2) is 8.98. The maximum Gasteiger partial charge on any atom is 0.266 e. The average molecular weight is 386 g/mol. The first-order valence-electron chi connectivity index (χ1n) is 9.39. The standard InChI is InChI=1S/C23H22N4O2/c1-16-19(17(2)25-23(29)20(16)14-24)11-12-22(28)26-21-10-6-7-13-27(21)15-18-8-4-3-5-9-18/h3-10,13H,11-12,15H2,1-2H3,(H,25,29). The Morgan fingerprint density at radius 1 is 1.14 bits per heavy atom. The number of carbonyl (C=O) groups excluding carboxylic acids is 1. The highest BCUT2D eigenvalue weighted by atomic mass is 16.1. The van der Waals surface area contributed by atoms with Gasteiger partial charge in [-0.25, -0.2) is 0 Å². The molecule has 0 unspecified atom stereocenters. The Balaban J connectivity index is 1.81. The number of aromatic amines is 1. The minimum absolute atomic E-state index is 0.0961. The summed E-state index contributed by atoms with van der Waals surface area (Å²) >= 11 is 0. The van der Waals surface area contributed by atoms with E-state index in [0.717, 1.165) is 11.1 Å². The van der Waals surface area contributed by atoms with Gasteiger partial charge >= 0.3 is 0 Å². The van der Waals surface area contributed by atoms with E-state index in [-0.39, 0.29) is 17.9 Å². The molecule has 0 aliphatic carbocycles. The Bertz CT molecular complexity index is 1200. The van der Waals surface area contributed by atoms with Gasteiger partial charge in [0.1, 0.15) is 17.1 Å². The summed E-state index contributed by atoms with van der Waals surface area (Å²) < 4.78 is 1.93. The van der Waals surface area contributed by atoms with Crippen LogP contribution in [0.3, 0.4) is 0 Å². The van der Waals surface area contributed by atoms with Crippen molar-refractivity contribution < 1.29 is 4.79 Å². The number of hydrogen-bond donors (Lipinski definition) is 1. The molecule has 0 radical (unpaired) electrons. The highest BCUT2D eigenvalue weighted by molar-refractivity contribution is 5.77. The van der Waals surface area contributed by atoms with Crippen LogP contribution in [0.2, 0.25) is 0 Å². The van der Waals surface area contributed by atoms with E-state index in [4.69, 9.17) is 0 Å². The second-order valence-corrected chi connectivity index (χ2v) is 6.85. The van der Waals surface area contributed by atoms with E-state index in [2.05, 4.69) is 9.98 Å². The largest absolute Gasteiger partial charge is 0.329 e. The van der Waals surface area contributed by atoms with E-state index in [1.807, 2.05) is 65.4 Å². The highest BCUT2D eigenvalue weighted by Gasteiger charge is 2.13. The minimum atomic E-state index is -0.395. The van der Waals surface area contributed by atoms with Gasteiger partial charge in [-0.2, -0.15) is 10.3 Å². The molecule has 0 saturated heterocycles. The van der Waals surface area contributed by atoms with E-state index in [1.54, 1.807) is 13.8 Å². The van der Waals surface area contributed by atoms with Crippen molar-refractivity contribution in [2.24, 2.45) is 4.99 Å². The maximum atomic E-state index is 12.5. The van der Waals surface area contributed by atoms with Gasteiger partial charge in [-0.3, -0.25) is 9.59 Å². The molecule has 0 aliphatic rings. The summed E-state index contributed by atoms with van der Waals surface area (Å²) in [4.78, 5) is 31.3. The van der Waals surface area contributed by atoms with Gasteiger partial charge in [0.05, 0.1) is 0 Å². The molecule has 0 spiro atoms. The van der Waals surface area contributed by atoms with Crippen LogP contribution in [-0.4, -0.2) is 15.5 Å². The Hall–Kier alpha value is -3.72. The summed E-state index contributed by atoms with van der Waals surface area (Å²) in [6.45, 7) is 4.14. The van der Waals surface area contributed by atoms with Crippen molar-refractivity contribution >= 4 is 5.91 Å². The number of carbonyl (C=O) groups is 1. The van der Waals surface area contributed by atoms with Gasteiger partial charge in [-0.1, -0.05) is 36.4 Å². The third-order valence-electron chi connectivity index (χ3n) is 4.86. The van der Waals surface area contributed by atoms with Gasteiger partial charge in [0, 0.05) is 24.9 Å². The number of H-pyrrole nitrogens is 1. The van der Waals surface area contributed by atoms with Crippen LogP contribution < -0.4 is 11.0 Å². The van der Waals surface area contributed by atoms with Crippen molar-refractivity contribution in [2.45, 2.75) is 33.2 Å². The molecule has 6 heteroatoms. The number of aromatic nitrogens is 2. The minimum Gasteiger partial charge on any atom is -0.329 e. The van der Waals surface area contributed by atoms with Gasteiger partial charge in [-0.05, 0) is 49.1 Å². The van der Waals surface area contributed by atoms with Crippen molar-refractivity contribution in [3.05, 3.63) is 98.5 Å².